The Bertz CT molecular complexity index is 746. The lowest BCUT2D eigenvalue weighted by Gasteiger charge is -2.27. The lowest BCUT2D eigenvalue weighted by molar-refractivity contribution is -0.385. The normalized spacial score (nSPS) is 10.3. The van der Waals surface area contributed by atoms with Gasteiger partial charge in [-0.1, -0.05) is 17.7 Å². The average Bonchev–Trinajstić information content (AvgIpc) is 2.41. The van der Waals surface area contributed by atoms with Crippen LogP contribution in [0, 0.1) is 10.1 Å². The van der Waals surface area contributed by atoms with Gasteiger partial charge in [0.05, 0.1) is 10.6 Å². The number of benzene rings is 2. The number of hydrogen-bond donors (Lipinski definition) is 0. The van der Waals surface area contributed by atoms with Crippen molar-refractivity contribution in [1.29, 1.82) is 0 Å². The number of nitrogens with zero attached hydrogens (tertiary/aromatic N) is 2. The Hall–Kier alpha value is -1.64. The third kappa shape index (κ3) is 3.40. The fourth-order valence-electron chi connectivity index (χ4n) is 1.81. The number of carbonyl (C=O) groups excluding carboxylic acids is 1. The first-order valence-corrected chi connectivity index (χ1v) is 7.67. The summed E-state index contributed by atoms with van der Waals surface area (Å²) in [5, 5.41) is 22.7. The van der Waals surface area contributed by atoms with Crippen LogP contribution in [0.2, 0.25) is 5.02 Å². The number of carbonyl (C=O) groups is 1. The average molecular weight is 449 g/mol. The lowest BCUT2D eigenvalue weighted by atomic mass is 10.2. The number of amides is 1. The Labute approximate surface area is 146 Å². The zero-order valence-corrected chi connectivity index (χ0v) is 14.6. The molecule has 0 atom stereocenters. The number of hydrogen-bond acceptors (Lipinski definition) is 4. The van der Waals surface area contributed by atoms with E-state index in [2.05, 4.69) is 31.9 Å². The van der Waals surface area contributed by atoms with Crippen LogP contribution in [-0.2, 0) is 0 Å². The van der Waals surface area contributed by atoms with Crippen LogP contribution in [0.15, 0.2) is 45.3 Å². The SMILES string of the molecule is O=C([O-])N(c1cccc(Cl)c1)c1c(Br)cc([N+](=O)[O-])cc1Br. The van der Waals surface area contributed by atoms with E-state index in [1.165, 1.54) is 24.3 Å². The van der Waals surface area contributed by atoms with Crippen molar-refractivity contribution in [2.24, 2.45) is 0 Å². The van der Waals surface area contributed by atoms with Crippen LogP contribution in [0.1, 0.15) is 0 Å². The van der Waals surface area contributed by atoms with Gasteiger partial charge >= 0.3 is 0 Å². The Morgan fingerprint density at radius 3 is 2.23 bits per heavy atom. The van der Waals surface area contributed by atoms with Crippen molar-refractivity contribution in [3.8, 4) is 0 Å². The second-order valence-corrected chi connectivity index (χ2v) is 6.24. The Morgan fingerprint density at radius 1 is 1.18 bits per heavy atom. The number of halogens is 3. The number of nitro benzene ring substituents is 1. The molecule has 0 aliphatic carbocycles. The van der Waals surface area contributed by atoms with Gasteiger partial charge in [-0.2, -0.15) is 0 Å². The molecule has 114 valence electrons. The van der Waals surface area contributed by atoms with Crippen LogP contribution in [0.3, 0.4) is 0 Å². The molecule has 1 amide bonds. The standard InChI is InChI=1S/C13H7Br2ClN2O4/c14-10-5-9(18(21)22)6-11(15)12(10)17(13(19)20)8-3-1-2-7(16)4-8/h1-6H,(H,19,20)/p-1. The second-order valence-electron chi connectivity index (χ2n) is 4.10. The summed E-state index contributed by atoms with van der Waals surface area (Å²) in [6.45, 7) is 0. The van der Waals surface area contributed by atoms with Crippen LogP contribution in [-0.4, -0.2) is 11.0 Å². The quantitative estimate of drug-likeness (QED) is 0.518. The van der Waals surface area contributed by atoms with E-state index in [1.807, 2.05) is 0 Å². The Kier molecular flexibility index (Phi) is 5.05. The van der Waals surface area contributed by atoms with Gasteiger partial charge in [0, 0.05) is 31.8 Å². The monoisotopic (exact) mass is 447 g/mol. The van der Waals surface area contributed by atoms with Crippen molar-refractivity contribution in [2.75, 3.05) is 4.90 Å². The van der Waals surface area contributed by atoms with Crippen LogP contribution in [0.5, 0.6) is 0 Å². The molecule has 0 saturated heterocycles. The molecule has 0 aliphatic heterocycles. The summed E-state index contributed by atoms with van der Waals surface area (Å²) < 4.78 is 0.440. The van der Waals surface area contributed by atoms with Gasteiger partial charge < -0.3 is 9.90 Å². The molecule has 0 saturated carbocycles. The van der Waals surface area contributed by atoms with Gasteiger partial charge in [-0.05, 0) is 50.1 Å². The molecule has 0 unspecified atom stereocenters. The van der Waals surface area contributed by atoms with Gasteiger partial charge in [0.1, 0.15) is 6.09 Å². The molecule has 0 aromatic heterocycles. The van der Waals surface area contributed by atoms with Crippen LogP contribution in [0.25, 0.3) is 0 Å². The van der Waals surface area contributed by atoms with Crippen LogP contribution in [0.4, 0.5) is 21.9 Å². The third-order valence-electron chi connectivity index (χ3n) is 2.69. The minimum absolute atomic E-state index is 0.160. The minimum atomic E-state index is -1.50. The van der Waals surface area contributed by atoms with E-state index in [0.717, 1.165) is 4.90 Å². The zero-order valence-electron chi connectivity index (χ0n) is 10.6. The van der Waals surface area contributed by atoms with Gasteiger partial charge in [-0.3, -0.25) is 15.0 Å². The van der Waals surface area contributed by atoms with Crippen molar-refractivity contribution in [2.45, 2.75) is 0 Å². The molecular weight excluding hydrogens is 443 g/mol. The van der Waals surface area contributed by atoms with E-state index in [4.69, 9.17) is 11.6 Å². The highest BCUT2D eigenvalue weighted by Gasteiger charge is 2.21. The number of anilines is 2. The van der Waals surface area contributed by atoms with E-state index in [9.17, 15) is 20.0 Å². The topological polar surface area (TPSA) is 86.5 Å². The summed E-state index contributed by atoms with van der Waals surface area (Å²) in [6, 6.07) is 8.57. The van der Waals surface area contributed by atoms with Gasteiger partial charge in [0.25, 0.3) is 5.69 Å². The first-order chi connectivity index (χ1) is 10.3. The molecule has 2 rings (SSSR count). The minimum Gasteiger partial charge on any atom is -0.529 e. The van der Waals surface area contributed by atoms with Crippen molar-refractivity contribution < 1.29 is 14.8 Å². The van der Waals surface area contributed by atoms with E-state index in [0.29, 0.717) is 5.02 Å². The molecule has 2 aromatic rings. The van der Waals surface area contributed by atoms with Gasteiger partial charge in [-0.15, -0.1) is 0 Å². The number of non-ortho nitro benzene ring substituents is 1. The summed E-state index contributed by atoms with van der Waals surface area (Å²) in [7, 11) is 0. The smallest absolute Gasteiger partial charge is 0.271 e. The first-order valence-electron chi connectivity index (χ1n) is 5.71. The van der Waals surface area contributed by atoms with Crippen LogP contribution < -0.4 is 10.0 Å². The molecule has 0 heterocycles. The molecule has 6 nitrogen and oxygen atoms in total. The molecule has 0 aliphatic rings. The van der Waals surface area contributed by atoms with Crippen molar-refractivity contribution >= 4 is 66.6 Å². The maximum atomic E-state index is 11.5. The van der Waals surface area contributed by atoms with E-state index in [-0.39, 0.29) is 26.0 Å². The number of rotatable bonds is 3. The molecule has 0 fully saturated rings. The number of nitro groups is 1. The van der Waals surface area contributed by atoms with Gasteiger partial charge in [0.2, 0.25) is 0 Å². The molecular formula is C13H6Br2ClN2O4-. The molecule has 0 N–H and O–H groups in total. The molecule has 9 heteroatoms. The maximum absolute atomic E-state index is 11.5. The fraction of sp³-hybridized carbons (Fsp3) is 0. The predicted octanol–water partition coefficient (Wildman–Crippen LogP) is 4.25. The highest BCUT2D eigenvalue weighted by Crippen LogP contribution is 2.41. The van der Waals surface area contributed by atoms with Crippen LogP contribution >= 0.6 is 43.5 Å². The fourth-order valence-corrected chi connectivity index (χ4v) is 3.51. The highest BCUT2D eigenvalue weighted by molar-refractivity contribution is 9.11. The molecule has 0 spiro atoms. The molecule has 0 radical (unpaired) electrons. The Morgan fingerprint density at radius 2 is 1.77 bits per heavy atom. The van der Waals surface area contributed by atoms with E-state index in [1.54, 1.807) is 12.1 Å². The maximum Gasteiger partial charge on any atom is 0.271 e. The summed E-state index contributed by atoms with van der Waals surface area (Å²) in [5.41, 5.74) is 0.225. The second kappa shape index (κ2) is 6.64. The van der Waals surface area contributed by atoms with Gasteiger partial charge in [-0.25, -0.2) is 0 Å². The zero-order chi connectivity index (χ0) is 16.4. The molecule has 2 aromatic carbocycles. The van der Waals surface area contributed by atoms with Crippen molar-refractivity contribution in [1.82, 2.24) is 0 Å². The number of carboxylic acid groups (broad SMARTS) is 1. The lowest BCUT2D eigenvalue weighted by Crippen LogP contribution is -2.38. The third-order valence-corrected chi connectivity index (χ3v) is 4.13. The highest BCUT2D eigenvalue weighted by atomic mass is 79.9. The van der Waals surface area contributed by atoms with E-state index >= 15 is 0 Å². The Balaban J connectivity index is 2.64. The molecule has 0 bridgehead atoms. The first kappa shape index (κ1) is 16.7. The summed E-state index contributed by atoms with van der Waals surface area (Å²) >= 11 is 12.2. The molecule has 22 heavy (non-hydrogen) atoms. The van der Waals surface area contributed by atoms with E-state index < -0.39 is 11.0 Å². The summed E-state index contributed by atoms with van der Waals surface area (Å²) in [5.74, 6) is 0. The summed E-state index contributed by atoms with van der Waals surface area (Å²) in [6.07, 6.45) is -1.50. The predicted molar refractivity (Wildman–Crippen MR) is 87.5 cm³/mol. The largest absolute Gasteiger partial charge is 0.529 e. The van der Waals surface area contributed by atoms with Gasteiger partial charge in [0.15, 0.2) is 0 Å². The van der Waals surface area contributed by atoms with Crippen molar-refractivity contribution in [3.63, 3.8) is 0 Å². The summed E-state index contributed by atoms with van der Waals surface area (Å²) in [4.78, 5) is 22.7. The van der Waals surface area contributed by atoms with Crippen molar-refractivity contribution in [3.05, 3.63) is 60.5 Å².